The summed E-state index contributed by atoms with van der Waals surface area (Å²) in [4.78, 5) is 13.8. The zero-order valence-electron chi connectivity index (χ0n) is 13.7. The van der Waals surface area contributed by atoms with Gasteiger partial charge in [0.2, 0.25) is 5.91 Å². The number of carbonyl (C=O) groups excluding carboxylic acids is 1. The summed E-state index contributed by atoms with van der Waals surface area (Å²) in [5.41, 5.74) is 3.55. The van der Waals surface area contributed by atoms with Gasteiger partial charge >= 0.3 is 0 Å². The monoisotopic (exact) mass is 296 g/mol. The van der Waals surface area contributed by atoms with Crippen LogP contribution in [0.2, 0.25) is 0 Å². The van der Waals surface area contributed by atoms with Gasteiger partial charge in [-0.05, 0) is 25.0 Å². The molecule has 0 aliphatic heterocycles. The molecule has 0 aliphatic carbocycles. The van der Waals surface area contributed by atoms with Crippen molar-refractivity contribution in [2.24, 2.45) is 0 Å². The van der Waals surface area contributed by atoms with Crippen molar-refractivity contribution in [1.29, 1.82) is 0 Å². The molecule has 0 spiro atoms. The molecule has 0 fully saturated rings. The van der Waals surface area contributed by atoms with Crippen LogP contribution >= 0.6 is 0 Å². The van der Waals surface area contributed by atoms with Crippen LogP contribution in [0.5, 0.6) is 0 Å². The van der Waals surface area contributed by atoms with E-state index in [1.807, 2.05) is 25.1 Å². The second kappa shape index (κ2) is 7.23. The van der Waals surface area contributed by atoms with Crippen LogP contribution in [-0.4, -0.2) is 30.9 Å². The summed E-state index contributed by atoms with van der Waals surface area (Å²) < 4.78 is 0. The lowest BCUT2D eigenvalue weighted by atomic mass is 9.97. The molecule has 0 radical (unpaired) electrons. The van der Waals surface area contributed by atoms with E-state index in [9.17, 15) is 4.79 Å². The molecule has 116 valence electrons. The lowest BCUT2D eigenvalue weighted by Crippen LogP contribution is -2.43. The summed E-state index contributed by atoms with van der Waals surface area (Å²) in [6, 6.07) is 18.4. The van der Waals surface area contributed by atoms with E-state index in [4.69, 9.17) is 0 Å². The standard InChI is InChI=1S/C19H24N2O/c1-14-10-12-17(13-11-14)18(16-8-6-5-7-9-16)20-15(2)19(22)21(3)4/h5-13,15,18,20H,1-4H3/t15-,18-/m0/s1. The quantitative estimate of drug-likeness (QED) is 0.919. The SMILES string of the molecule is Cc1ccc([C@@H](N[C@@H](C)C(=O)N(C)C)c2ccccc2)cc1. The van der Waals surface area contributed by atoms with Gasteiger partial charge in [-0.2, -0.15) is 0 Å². The maximum atomic E-state index is 12.2. The Kier molecular flexibility index (Phi) is 5.34. The molecule has 1 N–H and O–H groups in total. The van der Waals surface area contributed by atoms with Crippen LogP contribution in [0.25, 0.3) is 0 Å². The number of likely N-dealkylation sites (N-methyl/N-ethyl adjacent to an activating group) is 1. The lowest BCUT2D eigenvalue weighted by molar-refractivity contribution is -0.130. The van der Waals surface area contributed by atoms with Crippen molar-refractivity contribution in [3.63, 3.8) is 0 Å². The Bertz CT molecular complexity index is 605. The zero-order chi connectivity index (χ0) is 16.1. The average Bonchev–Trinajstić information content (AvgIpc) is 2.53. The van der Waals surface area contributed by atoms with Crippen molar-refractivity contribution < 1.29 is 4.79 Å². The predicted molar refractivity (Wildman–Crippen MR) is 90.8 cm³/mol. The molecular weight excluding hydrogens is 272 g/mol. The number of benzene rings is 2. The zero-order valence-corrected chi connectivity index (χ0v) is 13.7. The number of hydrogen-bond acceptors (Lipinski definition) is 2. The van der Waals surface area contributed by atoms with E-state index in [0.29, 0.717) is 0 Å². The Morgan fingerprint density at radius 2 is 1.50 bits per heavy atom. The number of aryl methyl sites for hydroxylation is 1. The largest absolute Gasteiger partial charge is 0.347 e. The highest BCUT2D eigenvalue weighted by Gasteiger charge is 2.21. The van der Waals surface area contributed by atoms with Crippen molar-refractivity contribution in [3.8, 4) is 0 Å². The fourth-order valence-corrected chi connectivity index (χ4v) is 2.50. The molecule has 0 saturated carbocycles. The molecule has 0 bridgehead atoms. The van der Waals surface area contributed by atoms with Gasteiger partial charge in [0.15, 0.2) is 0 Å². The molecule has 0 unspecified atom stereocenters. The third-order valence-electron chi connectivity index (χ3n) is 3.77. The normalized spacial score (nSPS) is 13.5. The van der Waals surface area contributed by atoms with E-state index in [1.165, 1.54) is 5.56 Å². The fraction of sp³-hybridized carbons (Fsp3) is 0.316. The highest BCUT2D eigenvalue weighted by molar-refractivity contribution is 5.81. The van der Waals surface area contributed by atoms with E-state index >= 15 is 0 Å². The van der Waals surface area contributed by atoms with Crippen LogP contribution in [-0.2, 0) is 4.79 Å². The van der Waals surface area contributed by atoms with Crippen molar-refractivity contribution >= 4 is 5.91 Å². The van der Waals surface area contributed by atoms with Gasteiger partial charge in [-0.1, -0.05) is 60.2 Å². The van der Waals surface area contributed by atoms with Crippen LogP contribution in [0, 0.1) is 6.92 Å². The van der Waals surface area contributed by atoms with Crippen LogP contribution in [0.1, 0.15) is 29.7 Å². The highest BCUT2D eigenvalue weighted by atomic mass is 16.2. The third kappa shape index (κ3) is 3.95. The van der Waals surface area contributed by atoms with E-state index in [-0.39, 0.29) is 18.0 Å². The maximum Gasteiger partial charge on any atom is 0.238 e. The van der Waals surface area contributed by atoms with E-state index in [1.54, 1.807) is 19.0 Å². The number of hydrogen-bond donors (Lipinski definition) is 1. The van der Waals surface area contributed by atoms with Gasteiger partial charge in [0.25, 0.3) is 0 Å². The minimum Gasteiger partial charge on any atom is -0.347 e. The summed E-state index contributed by atoms with van der Waals surface area (Å²) in [5.74, 6) is 0.0769. The first-order valence-electron chi connectivity index (χ1n) is 7.57. The molecule has 0 saturated heterocycles. The fourth-order valence-electron chi connectivity index (χ4n) is 2.50. The second-order valence-corrected chi connectivity index (χ2v) is 5.88. The van der Waals surface area contributed by atoms with Crippen molar-refractivity contribution in [3.05, 3.63) is 71.3 Å². The second-order valence-electron chi connectivity index (χ2n) is 5.88. The summed E-state index contributed by atoms with van der Waals surface area (Å²) in [7, 11) is 3.56. The Morgan fingerprint density at radius 1 is 0.955 bits per heavy atom. The smallest absolute Gasteiger partial charge is 0.238 e. The first-order valence-corrected chi connectivity index (χ1v) is 7.57. The Hall–Kier alpha value is -2.13. The van der Waals surface area contributed by atoms with Crippen molar-refractivity contribution in [1.82, 2.24) is 10.2 Å². The van der Waals surface area contributed by atoms with Crippen molar-refractivity contribution in [2.45, 2.75) is 25.9 Å². The van der Waals surface area contributed by atoms with Gasteiger partial charge in [0.1, 0.15) is 0 Å². The minimum absolute atomic E-state index is 0.000648. The Balaban J connectivity index is 2.30. The minimum atomic E-state index is -0.249. The number of nitrogens with one attached hydrogen (secondary N) is 1. The Morgan fingerprint density at radius 3 is 2.05 bits per heavy atom. The molecule has 2 aromatic carbocycles. The molecular formula is C19H24N2O. The molecule has 0 aromatic heterocycles. The van der Waals surface area contributed by atoms with Gasteiger partial charge in [0.05, 0.1) is 12.1 Å². The molecule has 1 amide bonds. The molecule has 3 nitrogen and oxygen atoms in total. The van der Waals surface area contributed by atoms with Gasteiger partial charge in [-0.3, -0.25) is 10.1 Å². The topological polar surface area (TPSA) is 32.3 Å². The summed E-state index contributed by atoms with van der Waals surface area (Å²) >= 11 is 0. The van der Waals surface area contributed by atoms with Crippen LogP contribution in [0.3, 0.4) is 0 Å². The van der Waals surface area contributed by atoms with Crippen LogP contribution < -0.4 is 5.32 Å². The first-order chi connectivity index (χ1) is 10.5. The van der Waals surface area contributed by atoms with Gasteiger partial charge in [0, 0.05) is 14.1 Å². The van der Waals surface area contributed by atoms with E-state index in [0.717, 1.165) is 11.1 Å². The summed E-state index contributed by atoms with van der Waals surface area (Å²) in [5, 5.41) is 3.46. The molecule has 3 heteroatoms. The van der Waals surface area contributed by atoms with Crippen molar-refractivity contribution in [2.75, 3.05) is 14.1 Å². The predicted octanol–water partition coefficient (Wildman–Crippen LogP) is 3.15. The molecule has 0 heterocycles. The molecule has 2 atom stereocenters. The first kappa shape index (κ1) is 16.2. The van der Waals surface area contributed by atoms with Gasteiger partial charge < -0.3 is 4.90 Å². The van der Waals surface area contributed by atoms with Gasteiger partial charge in [-0.25, -0.2) is 0 Å². The molecule has 2 rings (SSSR count). The number of nitrogens with zero attached hydrogens (tertiary/aromatic N) is 1. The molecule has 2 aromatic rings. The number of amides is 1. The number of carbonyl (C=O) groups is 1. The Labute approximate surface area is 133 Å². The summed E-state index contributed by atoms with van der Waals surface area (Å²) in [6.07, 6.45) is 0. The van der Waals surface area contributed by atoms with E-state index < -0.39 is 0 Å². The molecule has 22 heavy (non-hydrogen) atoms. The average molecular weight is 296 g/mol. The molecule has 0 aliphatic rings. The lowest BCUT2D eigenvalue weighted by Gasteiger charge is -2.25. The van der Waals surface area contributed by atoms with Crippen LogP contribution in [0.15, 0.2) is 54.6 Å². The van der Waals surface area contributed by atoms with Gasteiger partial charge in [-0.15, -0.1) is 0 Å². The number of rotatable bonds is 5. The highest BCUT2D eigenvalue weighted by Crippen LogP contribution is 2.23. The maximum absolute atomic E-state index is 12.2. The summed E-state index contributed by atoms with van der Waals surface area (Å²) in [6.45, 7) is 3.99. The third-order valence-corrected chi connectivity index (χ3v) is 3.77. The van der Waals surface area contributed by atoms with E-state index in [2.05, 4.69) is 48.6 Å². The van der Waals surface area contributed by atoms with Crippen LogP contribution in [0.4, 0.5) is 0 Å².